The number of piperazine rings is 1. The first kappa shape index (κ1) is 12.8. The Kier molecular flexibility index (Phi) is 3.53. The molecule has 1 fully saturated rings. The largest absolute Gasteiger partial charge is 0.367 e. The molecule has 0 aliphatic carbocycles. The molecule has 18 heavy (non-hydrogen) atoms. The molecule has 0 saturated carbocycles. The molecular weight excluding hydrogens is 224 g/mol. The molecule has 0 amide bonds. The molecule has 0 bridgehead atoms. The van der Waals surface area contributed by atoms with Crippen molar-refractivity contribution in [2.75, 3.05) is 18.0 Å². The van der Waals surface area contributed by atoms with Crippen molar-refractivity contribution in [3.8, 4) is 6.07 Å². The summed E-state index contributed by atoms with van der Waals surface area (Å²) in [5, 5.41) is 12.8. The number of pyridine rings is 1. The van der Waals surface area contributed by atoms with Crippen LogP contribution in [-0.2, 0) is 0 Å². The van der Waals surface area contributed by atoms with Gasteiger partial charge in [0.25, 0.3) is 0 Å². The predicted octanol–water partition coefficient (Wildman–Crippen LogP) is 1.76. The van der Waals surface area contributed by atoms with Crippen LogP contribution in [-0.4, -0.2) is 30.2 Å². The van der Waals surface area contributed by atoms with Crippen molar-refractivity contribution >= 4 is 5.69 Å². The predicted molar refractivity (Wildman–Crippen MR) is 72.7 cm³/mol. The first-order valence-corrected chi connectivity index (χ1v) is 6.40. The quantitative estimate of drug-likeness (QED) is 0.818. The Morgan fingerprint density at radius 3 is 2.50 bits per heavy atom. The minimum Gasteiger partial charge on any atom is -0.367 e. The van der Waals surface area contributed by atoms with Crippen LogP contribution in [0.2, 0.25) is 0 Å². The van der Waals surface area contributed by atoms with Crippen molar-refractivity contribution in [2.24, 2.45) is 0 Å². The second-order valence-corrected chi connectivity index (χ2v) is 5.23. The molecule has 1 aromatic heterocycles. The lowest BCUT2D eigenvalue weighted by atomic mass is 10.1. The SMILES string of the molecule is Cc1cc(N2CC(C)NC(C)C2)c(C#N)c(C)n1. The van der Waals surface area contributed by atoms with Gasteiger partial charge in [-0.05, 0) is 33.8 Å². The van der Waals surface area contributed by atoms with E-state index in [0.29, 0.717) is 17.6 Å². The number of aromatic nitrogens is 1. The lowest BCUT2D eigenvalue weighted by Gasteiger charge is -2.38. The zero-order valence-electron chi connectivity index (χ0n) is 11.5. The van der Waals surface area contributed by atoms with E-state index in [2.05, 4.69) is 35.1 Å². The first-order chi connectivity index (χ1) is 8.51. The number of hydrogen-bond acceptors (Lipinski definition) is 4. The number of aryl methyl sites for hydroxylation is 2. The van der Waals surface area contributed by atoms with Gasteiger partial charge in [0.15, 0.2) is 0 Å². The highest BCUT2D eigenvalue weighted by molar-refractivity contribution is 5.62. The van der Waals surface area contributed by atoms with Gasteiger partial charge in [0.05, 0.1) is 16.9 Å². The zero-order chi connectivity index (χ0) is 13.3. The van der Waals surface area contributed by atoms with E-state index in [4.69, 9.17) is 0 Å². The molecule has 1 aromatic rings. The third kappa shape index (κ3) is 2.46. The Hall–Kier alpha value is -1.60. The molecule has 2 atom stereocenters. The number of nitriles is 1. The molecule has 0 aromatic carbocycles. The van der Waals surface area contributed by atoms with Crippen LogP contribution in [0.15, 0.2) is 6.07 Å². The maximum absolute atomic E-state index is 9.32. The van der Waals surface area contributed by atoms with Gasteiger partial charge in [-0.2, -0.15) is 5.26 Å². The average molecular weight is 244 g/mol. The van der Waals surface area contributed by atoms with Crippen molar-refractivity contribution in [3.63, 3.8) is 0 Å². The lowest BCUT2D eigenvalue weighted by Crippen LogP contribution is -2.54. The van der Waals surface area contributed by atoms with Crippen molar-refractivity contribution in [2.45, 2.75) is 39.8 Å². The van der Waals surface area contributed by atoms with Crippen LogP contribution < -0.4 is 10.2 Å². The van der Waals surface area contributed by atoms with Gasteiger partial charge in [-0.25, -0.2) is 0 Å². The molecule has 2 unspecified atom stereocenters. The second-order valence-electron chi connectivity index (χ2n) is 5.23. The van der Waals surface area contributed by atoms with E-state index in [0.717, 1.165) is 30.2 Å². The summed E-state index contributed by atoms with van der Waals surface area (Å²) < 4.78 is 0. The lowest BCUT2D eigenvalue weighted by molar-refractivity contribution is 0.406. The fourth-order valence-corrected chi connectivity index (χ4v) is 2.72. The van der Waals surface area contributed by atoms with Crippen LogP contribution in [0, 0.1) is 25.2 Å². The fraction of sp³-hybridized carbons (Fsp3) is 0.571. The Balaban J connectivity index is 2.41. The fourth-order valence-electron chi connectivity index (χ4n) is 2.72. The molecule has 1 saturated heterocycles. The van der Waals surface area contributed by atoms with E-state index in [9.17, 15) is 5.26 Å². The topological polar surface area (TPSA) is 52.0 Å². The molecule has 0 spiro atoms. The summed E-state index contributed by atoms with van der Waals surface area (Å²) in [4.78, 5) is 6.67. The Labute approximate surface area is 109 Å². The third-order valence-electron chi connectivity index (χ3n) is 3.32. The highest BCUT2D eigenvalue weighted by Crippen LogP contribution is 2.25. The normalized spacial score (nSPS) is 23.8. The van der Waals surface area contributed by atoms with Crippen molar-refractivity contribution in [3.05, 3.63) is 23.0 Å². The van der Waals surface area contributed by atoms with Crippen molar-refractivity contribution < 1.29 is 0 Å². The molecule has 96 valence electrons. The van der Waals surface area contributed by atoms with Crippen LogP contribution in [0.25, 0.3) is 0 Å². The maximum atomic E-state index is 9.32. The minimum absolute atomic E-state index is 0.439. The summed E-state index contributed by atoms with van der Waals surface area (Å²) in [6, 6.07) is 5.20. The van der Waals surface area contributed by atoms with Crippen LogP contribution >= 0.6 is 0 Å². The maximum Gasteiger partial charge on any atom is 0.103 e. The van der Waals surface area contributed by atoms with Crippen LogP contribution in [0.4, 0.5) is 5.69 Å². The van der Waals surface area contributed by atoms with Gasteiger partial charge >= 0.3 is 0 Å². The van der Waals surface area contributed by atoms with Crippen LogP contribution in [0.1, 0.15) is 30.8 Å². The molecule has 2 heterocycles. The van der Waals surface area contributed by atoms with E-state index >= 15 is 0 Å². The monoisotopic (exact) mass is 244 g/mol. The summed E-state index contributed by atoms with van der Waals surface area (Å²) in [6.07, 6.45) is 0. The molecule has 1 aliphatic heterocycles. The van der Waals surface area contributed by atoms with Crippen LogP contribution in [0.5, 0.6) is 0 Å². The molecule has 4 nitrogen and oxygen atoms in total. The van der Waals surface area contributed by atoms with E-state index in [1.807, 2.05) is 19.9 Å². The molecule has 0 radical (unpaired) electrons. The molecule has 2 rings (SSSR count). The summed E-state index contributed by atoms with van der Waals surface area (Å²) in [7, 11) is 0. The van der Waals surface area contributed by atoms with Gasteiger partial charge in [-0.15, -0.1) is 0 Å². The van der Waals surface area contributed by atoms with E-state index in [1.165, 1.54) is 0 Å². The number of nitrogens with one attached hydrogen (secondary N) is 1. The molecule has 4 heteroatoms. The summed E-state index contributed by atoms with van der Waals surface area (Å²) in [6.45, 7) is 10.1. The molecular formula is C14H20N4. The summed E-state index contributed by atoms with van der Waals surface area (Å²) >= 11 is 0. The second kappa shape index (κ2) is 4.95. The third-order valence-corrected chi connectivity index (χ3v) is 3.32. The highest BCUT2D eigenvalue weighted by atomic mass is 15.2. The van der Waals surface area contributed by atoms with Crippen molar-refractivity contribution in [1.29, 1.82) is 5.26 Å². The Morgan fingerprint density at radius 2 is 1.94 bits per heavy atom. The van der Waals surface area contributed by atoms with Crippen molar-refractivity contribution in [1.82, 2.24) is 10.3 Å². The first-order valence-electron chi connectivity index (χ1n) is 6.40. The average Bonchev–Trinajstić information content (AvgIpc) is 2.26. The van der Waals surface area contributed by atoms with E-state index in [-0.39, 0.29) is 0 Å². The van der Waals surface area contributed by atoms with Gasteiger partial charge in [0.1, 0.15) is 6.07 Å². The van der Waals surface area contributed by atoms with Gasteiger partial charge in [0, 0.05) is 30.9 Å². The van der Waals surface area contributed by atoms with E-state index in [1.54, 1.807) is 0 Å². The smallest absolute Gasteiger partial charge is 0.103 e. The standard InChI is InChI=1S/C14H20N4/c1-9-5-14(13(6-15)12(4)17-9)18-7-10(2)16-11(3)8-18/h5,10-11,16H,7-8H2,1-4H3. The van der Waals surface area contributed by atoms with Gasteiger partial charge < -0.3 is 10.2 Å². The number of nitrogens with zero attached hydrogens (tertiary/aromatic N) is 3. The molecule has 1 aliphatic rings. The van der Waals surface area contributed by atoms with E-state index < -0.39 is 0 Å². The van der Waals surface area contributed by atoms with Gasteiger partial charge in [0.2, 0.25) is 0 Å². The summed E-state index contributed by atoms with van der Waals surface area (Å²) in [5.41, 5.74) is 3.54. The zero-order valence-corrected chi connectivity index (χ0v) is 11.5. The Morgan fingerprint density at radius 1 is 1.33 bits per heavy atom. The number of hydrogen-bond donors (Lipinski definition) is 1. The number of rotatable bonds is 1. The highest BCUT2D eigenvalue weighted by Gasteiger charge is 2.23. The van der Waals surface area contributed by atoms with Crippen LogP contribution in [0.3, 0.4) is 0 Å². The molecule has 1 N–H and O–H groups in total. The minimum atomic E-state index is 0.439. The van der Waals surface area contributed by atoms with Gasteiger partial charge in [-0.1, -0.05) is 0 Å². The Bertz CT molecular complexity index is 479. The summed E-state index contributed by atoms with van der Waals surface area (Å²) in [5.74, 6) is 0. The van der Waals surface area contributed by atoms with Gasteiger partial charge in [-0.3, -0.25) is 4.98 Å². The number of anilines is 1.